The number of nitrogens with one attached hydrogen (secondary N) is 1. The zero-order valence-electron chi connectivity index (χ0n) is 11.6. The predicted octanol–water partition coefficient (Wildman–Crippen LogP) is 2.16. The largest absolute Gasteiger partial charge is 0.384 e. The number of hydrogen-bond donors (Lipinski definition) is 2. The van der Waals surface area contributed by atoms with E-state index in [0.717, 1.165) is 18.7 Å². The van der Waals surface area contributed by atoms with E-state index in [-0.39, 0.29) is 0 Å². The third kappa shape index (κ3) is 5.63. The van der Waals surface area contributed by atoms with Gasteiger partial charge < -0.3 is 15.2 Å². The summed E-state index contributed by atoms with van der Waals surface area (Å²) in [6, 6.07) is 9.71. The zero-order chi connectivity index (χ0) is 13.4. The van der Waals surface area contributed by atoms with Crippen LogP contribution in [-0.4, -0.2) is 31.4 Å². The molecule has 0 fully saturated rings. The minimum atomic E-state index is -0.834. The first kappa shape index (κ1) is 15.2. The van der Waals surface area contributed by atoms with Crippen molar-refractivity contribution in [2.24, 2.45) is 5.92 Å². The van der Waals surface area contributed by atoms with E-state index in [1.807, 2.05) is 37.3 Å². The van der Waals surface area contributed by atoms with Crippen molar-refractivity contribution in [1.29, 1.82) is 0 Å². The molecule has 0 heterocycles. The van der Waals surface area contributed by atoms with Gasteiger partial charge in [0.15, 0.2) is 0 Å². The Kier molecular flexibility index (Phi) is 6.33. The molecule has 18 heavy (non-hydrogen) atoms. The molecule has 1 aromatic carbocycles. The summed E-state index contributed by atoms with van der Waals surface area (Å²) < 4.78 is 5.47. The minimum Gasteiger partial charge on any atom is -0.384 e. The Morgan fingerprint density at radius 1 is 1.28 bits per heavy atom. The molecule has 0 aliphatic carbocycles. The molecule has 3 nitrogen and oxygen atoms in total. The Morgan fingerprint density at radius 2 is 1.94 bits per heavy atom. The molecule has 1 unspecified atom stereocenters. The first-order valence-corrected chi connectivity index (χ1v) is 6.59. The van der Waals surface area contributed by atoms with Gasteiger partial charge in [0, 0.05) is 19.7 Å². The van der Waals surface area contributed by atoms with Crippen LogP contribution in [-0.2, 0) is 10.3 Å². The maximum atomic E-state index is 10.3. The summed E-state index contributed by atoms with van der Waals surface area (Å²) in [5.41, 5.74) is 0.0971. The average Bonchev–Trinajstić information content (AvgIpc) is 2.34. The van der Waals surface area contributed by atoms with Crippen LogP contribution in [0.3, 0.4) is 0 Å². The van der Waals surface area contributed by atoms with Crippen LogP contribution in [0.2, 0.25) is 0 Å². The van der Waals surface area contributed by atoms with Gasteiger partial charge in [0.25, 0.3) is 0 Å². The van der Waals surface area contributed by atoms with Gasteiger partial charge in [-0.05, 0) is 18.4 Å². The summed E-state index contributed by atoms with van der Waals surface area (Å²) in [4.78, 5) is 0. The van der Waals surface area contributed by atoms with E-state index in [0.29, 0.717) is 19.1 Å². The van der Waals surface area contributed by atoms with Gasteiger partial charge in [0.1, 0.15) is 0 Å². The van der Waals surface area contributed by atoms with Crippen molar-refractivity contribution in [2.45, 2.75) is 26.4 Å². The molecule has 1 rings (SSSR count). The molecule has 2 N–H and O–H groups in total. The highest BCUT2D eigenvalue weighted by Gasteiger charge is 2.21. The van der Waals surface area contributed by atoms with Crippen LogP contribution in [0.5, 0.6) is 0 Å². The molecule has 0 saturated carbocycles. The number of hydrogen-bond acceptors (Lipinski definition) is 3. The molecule has 0 aromatic heterocycles. The normalized spacial score (nSPS) is 14.7. The van der Waals surface area contributed by atoms with Crippen LogP contribution in [0, 0.1) is 5.92 Å². The Balaban J connectivity index is 2.22. The third-order valence-corrected chi connectivity index (χ3v) is 2.74. The van der Waals surface area contributed by atoms with Crippen molar-refractivity contribution < 1.29 is 9.84 Å². The molecule has 0 bridgehead atoms. The average molecular weight is 251 g/mol. The number of ether oxygens (including phenoxy) is 1. The molecule has 3 heteroatoms. The van der Waals surface area contributed by atoms with Crippen molar-refractivity contribution >= 4 is 0 Å². The lowest BCUT2D eigenvalue weighted by Gasteiger charge is -2.24. The van der Waals surface area contributed by atoms with Gasteiger partial charge in [-0.2, -0.15) is 0 Å². The van der Waals surface area contributed by atoms with Crippen molar-refractivity contribution in [2.75, 3.05) is 26.3 Å². The van der Waals surface area contributed by atoms with Gasteiger partial charge in [-0.3, -0.25) is 0 Å². The smallest absolute Gasteiger partial charge is 0.0992 e. The van der Waals surface area contributed by atoms with E-state index in [2.05, 4.69) is 19.2 Å². The second-order valence-electron chi connectivity index (χ2n) is 5.29. The molecule has 1 atom stereocenters. The lowest BCUT2D eigenvalue weighted by Crippen LogP contribution is -2.36. The maximum Gasteiger partial charge on any atom is 0.0992 e. The molecule has 0 radical (unpaired) electrons. The SMILES string of the molecule is CC(C)COCCNCC(C)(O)c1ccccc1. The van der Waals surface area contributed by atoms with Crippen LogP contribution < -0.4 is 5.32 Å². The van der Waals surface area contributed by atoms with E-state index in [4.69, 9.17) is 4.74 Å². The summed E-state index contributed by atoms with van der Waals surface area (Å²) >= 11 is 0. The fourth-order valence-corrected chi connectivity index (χ4v) is 1.69. The first-order chi connectivity index (χ1) is 8.52. The van der Waals surface area contributed by atoms with Crippen LogP contribution >= 0.6 is 0 Å². The summed E-state index contributed by atoms with van der Waals surface area (Å²) in [6.45, 7) is 8.85. The fraction of sp³-hybridized carbons (Fsp3) is 0.600. The van der Waals surface area contributed by atoms with Gasteiger partial charge in [-0.15, -0.1) is 0 Å². The lowest BCUT2D eigenvalue weighted by atomic mass is 9.96. The van der Waals surface area contributed by atoms with Gasteiger partial charge >= 0.3 is 0 Å². The van der Waals surface area contributed by atoms with Crippen LogP contribution in [0.25, 0.3) is 0 Å². The molecule has 0 spiro atoms. The van der Waals surface area contributed by atoms with E-state index in [1.54, 1.807) is 0 Å². The maximum absolute atomic E-state index is 10.3. The standard InChI is InChI=1S/C15H25NO2/c1-13(2)11-18-10-9-16-12-15(3,17)14-7-5-4-6-8-14/h4-8,13,16-17H,9-12H2,1-3H3. The number of benzene rings is 1. The second-order valence-corrected chi connectivity index (χ2v) is 5.29. The van der Waals surface area contributed by atoms with E-state index < -0.39 is 5.60 Å². The highest BCUT2D eigenvalue weighted by molar-refractivity contribution is 5.21. The summed E-state index contributed by atoms with van der Waals surface area (Å²) in [7, 11) is 0. The summed E-state index contributed by atoms with van der Waals surface area (Å²) in [6.07, 6.45) is 0. The lowest BCUT2D eigenvalue weighted by molar-refractivity contribution is 0.0520. The molecule has 0 amide bonds. The molecule has 102 valence electrons. The Hall–Kier alpha value is -0.900. The van der Waals surface area contributed by atoms with Crippen molar-refractivity contribution in [1.82, 2.24) is 5.32 Å². The predicted molar refractivity (Wildman–Crippen MR) is 74.5 cm³/mol. The third-order valence-electron chi connectivity index (χ3n) is 2.74. The monoisotopic (exact) mass is 251 g/mol. The van der Waals surface area contributed by atoms with Gasteiger partial charge in [0.2, 0.25) is 0 Å². The van der Waals surface area contributed by atoms with Gasteiger partial charge in [-0.25, -0.2) is 0 Å². The number of aliphatic hydroxyl groups is 1. The zero-order valence-corrected chi connectivity index (χ0v) is 11.6. The van der Waals surface area contributed by atoms with Crippen LogP contribution in [0.4, 0.5) is 0 Å². The minimum absolute atomic E-state index is 0.530. The summed E-state index contributed by atoms with van der Waals surface area (Å²) in [5.74, 6) is 0.567. The Labute approximate surface area is 110 Å². The number of rotatable bonds is 8. The highest BCUT2D eigenvalue weighted by Crippen LogP contribution is 2.18. The van der Waals surface area contributed by atoms with E-state index >= 15 is 0 Å². The molecular weight excluding hydrogens is 226 g/mol. The molecule has 0 aliphatic heterocycles. The Bertz CT molecular complexity index is 323. The van der Waals surface area contributed by atoms with E-state index in [1.165, 1.54) is 0 Å². The second kappa shape index (κ2) is 7.52. The quantitative estimate of drug-likeness (QED) is 0.696. The summed E-state index contributed by atoms with van der Waals surface area (Å²) in [5, 5.41) is 13.6. The van der Waals surface area contributed by atoms with Gasteiger partial charge in [0.05, 0.1) is 12.2 Å². The van der Waals surface area contributed by atoms with Crippen molar-refractivity contribution in [3.05, 3.63) is 35.9 Å². The topological polar surface area (TPSA) is 41.5 Å². The van der Waals surface area contributed by atoms with Crippen molar-refractivity contribution in [3.8, 4) is 0 Å². The van der Waals surface area contributed by atoms with Crippen molar-refractivity contribution in [3.63, 3.8) is 0 Å². The molecule has 0 aliphatic rings. The molecule has 1 aromatic rings. The molecule has 0 saturated heterocycles. The van der Waals surface area contributed by atoms with E-state index in [9.17, 15) is 5.11 Å². The van der Waals surface area contributed by atoms with Gasteiger partial charge in [-0.1, -0.05) is 44.2 Å². The van der Waals surface area contributed by atoms with Crippen LogP contribution in [0.1, 0.15) is 26.3 Å². The van der Waals surface area contributed by atoms with Crippen LogP contribution in [0.15, 0.2) is 30.3 Å². The molecular formula is C15H25NO2. The first-order valence-electron chi connectivity index (χ1n) is 6.59. The fourth-order valence-electron chi connectivity index (χ4n) is 1.69. The Morgan fingerprint density at radius 3 is 2.56 bits per heavy atom. The highest BCUT2D eigenvalue weighted by atomic mass is 16.5.